The minimum absolute atomic E-state index is 0.0968. The van der Waals surface area contributed by atoms with Gasteiger partial charge < -0.3 is 5.32 Å². The van der Waals surface area contributed by atoms with Crippen molar-refractivity contribution < 1.29 is 9.18 Å². The van der Waals surface area contributed by atoms with Crippen LogP contribution in [0.3, 0.4) is 0 Å². The van der Waals surface area contributed by atoms with E-state index in [4.69, 9.17) is 0 Å². The molecule has 0 bridgehead atoms. The van der Waals surface area contributed by atoms with Crippen LogP contribution in [0.15, 0.2) is 53.9 Å². The van der Waals surface area contributed by atoms with Crippen molar-refractivity contribution in [3.63, 3.8) is 0 Å². The molecule has 0 aliphatic heterocycles. The lowest BCUT2D eigenvalue weighted by molar-refractivity contribution is -0.120. The number of rotatable bonds is 5. The van der Waals surface area contributed by atoms with Crippen LogP contribution in [0.2, 0.25) is 0 Å². The molecule has 5 heteroatoms. The van der Waals surface area contributed by atoms with E-state index in [1.54, 1.807) is 12.1 Å². The molecule has 0 atom stereocenters. The average Bonchev–Trinajstić information content (AvgIpc) is 3.03. The maximum absolute atomic E-state index is 12.8. The van der Waals surface area contributed by atoms with E-state index < -0.39 is 0 Å². The van der Waals surface area contributed by atoms with Gasteiger partial charge in [0.1, 0.15) is 10.8 Å². The van der Waals surface area contributed by atoms with Gasteiger partial charge in [0.15, 0.2) is 0 Å². The first-order chi connectivity index (χ1) is 11.6. The molecule has 24 heavy (non-hydrogen) atoms. The van der Waals surface area contributed by atoms with E-state index in [1.165, 1.54) is 29.0 Å². The molecule has 0 spiro atoms. The Hall–Kier alpha value is -2.53. The molecular formula is C19H17FN2OS. The van der Waals surface area contributed by atoms with Gasteiger partial charge in [0.2, 0.25) is 5.91 Å². The molecule has 0 fully saturated rings. The van der Waals surface area contributed by atoms with Crippen LogP contribution in [-0.4, -0.2) is 10.9 Å². The van der Waals surface area contributed by atoms with Crippen LogP contribution in [0.1, 0.15) is 16.8 Å². The SMILES string of the molecule is Cc1cccc(-c2nc(CC(=O)NCc3ccc(F)cc3)cs2)c1. The number of nitrogens with one attached hydrogen (secondary N) is 1. The first-order valence-corrected chi connectivity index (χ1v) is 8.51. The molecular weight excluding hydrogens is 323 g/mol. The highest BCUT2D eigenvalue weighted by Gasteiger charge is 2.09. The summed E-state index contributed by atoms with van der Waals surface area (Å²) in [5, 5.41) is 5.66. The van der Waals surface area contributed by atoms with Crippen molar-refractivity contribution in [1.82, 2.24) is 10.3 Å². The topological polar surface area (TPSA) is 42.0 Å². The lowest BCUT2D eigenvalue weighted by Crippen LogP contribution is -2.24. The molecule has 0 radical (unpaired) electrons. The predicted octanol–water partition coefficient (Wildman–Crippen LogP) is 4.12. The number of carbonyl (C=O) groups is 1. The number of aryl methyl sites for hydroxylation is 1. The monoisotopic (exact) mass is 340 g/mol. The summed E-state index contributed by atoms with van der Waals surface area (Å²) in [6, 6.07) is 14.2. The highest BCUT2D eigenvalue weighted by molar-refractivity contribution is 7.13. The van der Waals surface area contributed by atoms with Crippen molar-refractivity contribution in [2.75, 3.05) is 0 Å². The van der Waals surface area contributed by atoms with E-state index in [-0.39, 0.29) is 18.1 Å². The molecule has 1 heterocycles. The summed E-state index contributed by atoms with van der Waals surface area (Å²) in [5.41, 5.74) is 3.87. The third kappa shape index (κ3) is 4.26. The lowest BCUT2D eigenvalue weighted by atomic mass is 10.1. The van der Waals surface area contributed by atoms with Crippen molar-refractivity contribution in [3.8, 4) is 10.6 Å². The Morgan fingerprint density at radius 1 is 1.21 bits per heavy atom. The van der Waals surface area contributed by atoms with Gasteiger partial charge in [0.05, 0.1) is 12.1 Å². The Kier molecular flexibility index (Phi) is 5.01. The molecule has 1 amide bonds. The Morgan fingerprint density at radius 3 is 2.75 bits per heavy atom. The van der Waals surface area contributed by atoms with Crippen molar-refractivity contribution in [1.29, 1.82) is 0 Å². The van der Waals surface area contributed by atoms with Gasteiger partial charge in [-0.25, -0.2) is 9.37 Å². The van der Waals surface area contributed by atoms with Gasteiger partial charge in [-0.05, 0) is 30.7 Å². The fourth-order valence-electron chi connectivity index (χ4n) is 2.33. The molecule has 0 aliphatic rings. The maximum atomic E-state index is 12.8. The van der Waals surface area contributed by atoms with Crippen LogP contribution < -0.4 is 5.32 Å². The smallest absolute Gasteiger partial charge is 0.226 e. The van der Waals surface area contributed by atoms with Gasteiger partial charge in [-0.2, -0.15) is 0 Å². The summed E-state index contributed by atoms with van der Waals surface area (Å²) in [4.78, 5) is 16.6. The second-order valence-corrected chi connectivity index (χ2v) is 6.45. The van der Waals surface area contributed by atoms with E-state index in [0.29, 0.717) is 6.54 Å². The molecule has 0 saturated carbocycles. The van der Waals surface area contributed by atoms with Gasteiger partial charge in [-0.15, -0.1) is 11.3 Å². The number of carbonyl (C=O) groups excluding carboxylic acids is 1. The summed E-state index contributed by atoms with van der Waals surface area (Å²) < 4.78 is 12.8. The first-order valence-electron chi connectivity index (χ1n) is 7.63. The number of thiazole rings is 1. The molecule has 0 saturated heterocycles. The van der Waals surface area contributed by atoms with Gasteiger partial charge in [-0.3, -0.25) is 4.79 Å². The van der Waals surface area contributed by atoms with Crippen LogP contribution in [-0.2, 0) is 17.8 Å². The van der Waals surface area contributed by atoms with E-state index in [2.05, 4.69) is 16.4 Å². The summed E-state index contributed by atoms with van der Waals surface area (Å²) in [7, 11) is 0. The third-order valence-electron chi connectivity index (χ3n) is 3.56. The Balaban J connectivity index is 1.58. The molecule has 0 aliphatic carbocycles. The Bertz CT molecular complexity index is 843. The first kappa shape index (κ1) is 16.3. The normalized spacial score (nSPS) is 10.6. The van der Waals surface area contributed by atoms with Crippen molar-refractivity contribution in [2.24, 2.45) is 0 Å². The zero-order valence-electron chi connectivity index (χ0n) is 13.3. The van der Waals surface area contributed by atoms with E-state index in [0.717, 1.165) is 21.8 Å². The number of hydrogen-bond donors (Lipinski definition) is 1. The van der Waals surface area contributed by atoms with Crippen molar-refractivity contribution >= 4 is 17.2 Å². The molecule has 1 N–H and O–H groups in total. The van der Waals surface area contributed by atoms with Gasteiger partial charge in [-0.1, -0.05) is 35.9 Å². The van der Waals surface area contributed by atoms with Crippen LogP contribution in [0.4, 0.5) is 4.39 Å². The quantitative estimate of drug-likeness (QED) is 0.759. The van der Waals surface area contributed by atoms with Gasteiger partial charge in [0.25, 0.3) is 0 Å². The van der Waals surface area contributed by atoms with E-state index in [1.807, 2.05) is 30.5 Å². The molecule has 2 aromatic carbocycles. The number of nitrogens with zero attached hydrogens (tertiary/aromatic N) is 1. The zero-order chi connectivity index (χ0) is 16.9. The van der Waals surface area contributed by atoms with Crippen LogP contribution >= 0.6 is 11.3 Å². The van der Waals surface area contributed by atoms with Crippen LogP contribution in [0.5, 0.6) is 0 Å². The largest absolute Gasteiger partial charge is 0.352 e. The fourth-order valence-corrected chi connectivity index (χ4v) is 3.15. The molecule has 3 nitrogen and oxygen atoms in total. The minimum atomic E-state index is -0.281. The maximum Gasteiger partial charge on any atom is 0.226 e. The molecule has 3 aromatic rings. The summed E-state index contributed by atoms with van der Waals surface area (Å²) >= 11 is 1.54. The predicted molar refractivity (Wildman–Crippen MR) is 94.2 cm³/mol. The Morgan fingerprint density at radius 2 is 2.00 bits per heavy atom. The molecule has 122 valence electrons. The average molecular weight is 340 g/mol. The lowest BCUT2D eigenvalue weighted by Gasteiger charge is -2.04. The Labute approximate surface area is 144 Å². The standard InChI is InChI=1S/C19H17FN2OS/c1-13-3-2-4-15(9-13)19-22-17(12-24-19)10-18(23)21-11-14-5-7-16(20)8-6-14/h2-9,12H,10-11H2,1H3,(H,21,23). The summed E-state index contributed by atoms with van der Waals surface area (Å²) in [6.45, 7) is 2.43. The molecule has 3 rings (SSSR count). The van der Waals surface area contributed by atoms with Crippen molar-refractivity contribution in [3.05, 3.63) is 76.5 Å². The number of benzene rings is 2. The zero-order valence-corrected chi connectivity index (χ0v) is 14.1. The van der Waals surface area contributed by atoms with Crippen LogP contribution in [0, 0.1) is 12.7 Å². The second kappa shape index (κ2) is 7.36. The van der Waals surface area contributed by atoms with Crippen LogP contribution in [0.25, 0.3) is 10.6 Å². The van der Waals surface area contributed by atoms with Gasteiger partial charge in [0, 0.05) is 17.5 Å². The number of aromatic nitrogens is 1. The second-order valence-electron chi connectivity index (χ2n) is 5.59. The summed E-state index contributed by atoms with van der Waals surface area (Å²) in [6.07, 6.45) is 0.240. The van der Waals surface area contributed by atoms with Gasteiger partial charge >= 0.3 is 0 Å². The number of halogens is 1. The third-order valence-corrected chi connectivity index (χ3v) is 4.50. The highest BCUT2D eigenvalue weighted by Crippen LogP contribution is 2.24. The van der Waals surface area contributed by atoms with Crippen molar-refractivity contribution in [2.45, 2.75) is 19.9 Å². The number of hydrogen-bond acceptors (Lipinski definition) is 3. The van der Waals surface area contributed by atoms with E-state index >= 15 is 0 Å². The van der Waals surface area contributed by atoms with E-state index in [9.17, 15) is 9.18 Å². The summed E-state index contributed by atoms with van der Waals surface area (Å²) in [5.74, 6) is -0.378. The minimum Gasteiger partial charge on any atom is -0.352 e. The molecule has 0 unspecified atom stereocenters. The number of amides is 1. The highest BCUT2D eigenvalue weighted by atomic mass is 32.1. The molecule has 1 aromatic heterocycles. The fraction of sp³-hybridized carbons (Fsp3) is 0.158.